The largest absolute Gasteiger partial charge is 0.336 e. The second-order valence-electron chi connectivity index (χ2n) is 4.80. The first-order valence-corrected chi connectivity index (χ1v) is 9.03. The second kappa shape index (κ2) is 6.94. The van der Waals surface area contributed by atoms with Gasteiger partial charge in [-0.1, -0.05) is 18.5 Å². The van der Waals surface area contributed by atoms with Crippen LogP contribution in [0, 0.1) is 5.82 Å². The topological polar surface area (TPSA) is 54.5 Å². The molecule has 0 atom stereocenters. The number of carbonyl (C=O) groups excluding carboxylic acids is 1. The number of hydrogen-bond donors (Lipinski definition) is 0. The number of carbonyl (C=O) groups is 1. The van der Waals surface area contributed by atoms with E-state index in [9.17, 15) is 17.6 Å². The van der Waals surface area contributed by atoms with Gasteiger partial charge in [-0.3, -0.25) is 4.79 Å². The minimum Gasteiger partial charge on any atom is -0.336 e. The van der Waals surface area contributed by atoms with Crippen LogP contribution < -0.4 is 0 Å². The Labute approximate surface area is 133 Å². The van der Waals surface area contributed by atoms with E-state index in [1.807, 2.05) is 6.92 Å². The first kappa shape index (κ1) is 18.2. The van der Waals surface area contributed by atoms with Crippen molar-refractivity contribution in [2.24, 2.45) is 0 Å². The molecule has 21 heavy (non-hydrogen) atoms. The smallest absolute Gasteiger partial charge is 0.264 e. The third-order valence-corrected chi connectivity index (χ3v) is 4.39. The van der Waals surface area contributed by atoms with Crippen molar-refractivity contribution in [3.05, 3.63) is 28.5 Å². The van der Waals surface area contributed by atoms with Gasteiger partial charge in [-0.25, -0.2) is 12.8 Å². The Bertz CT molecular complexity index is 647. The fourth-order valence-electron chi connectivity index (χ4n) is 1.89. The molecule has 1 aromatic carbocycles. The normalized spacial score (nSPS) is 11.8. The van der Waals surface area contributed by atoms with Crippen LogP contribution in [0.25, 0.3) is 0 Å². The van der Waals surface area contributed by atoms with Crippen molar-refractivity contribution in [2.45, 2.75) is 38.1 Å². The van der Waals surface area contributed by atoms with Gasteiger partial charge in [-0.2, -0.15) is 0 Å². The van der Waals surface area contributed by atoms with Gasteiger partial charge in [0.1, 0.15) is 4.90 Å². The molecule has 0 saturated carbocycles. The monoisotopic (exact) mass is 355 g/mol. The molecule has 0 saturated heterocycles. The minimum atomic E-state index is -4.33. The van der Waals surface area contributed by atoms with E-state index in [0.717, 1.165) is 12.1 Å². The van der Waals surface area contributed by atoms with Gasteiger partial charge < -0.3 is 4.90 Å². The van der Waals surface area contributed by atoms with Crippen molar-refractivity contribution in [1.82, 2.24) is 4.90 Å². The number of rotatable bonds is 5. The summed E-state index contributed by atoms with van der Waals surface area (Å²) in [5.74, 6) is -1.80. The third kappa shape index (κ3) is 4.31. The van der Waals surface area contributed by atoms with Crippen LogP contribution >= 0.6 is 22.3 Å². The maximum Gasteiger partial charge on any atom is 0.264 e. The summed E-state index contributed by atoms with van der Waals surface area (Å²) < 4.78 is 37.0. The van der Waals surface area contributed by atoms with Gasteiger partial charge >= 0.3 is 0 Å². The zero-order valence-corrected chi connectivity index (χ0v) is 14.2. The maximum atomic E-state index is 14.3. The molecule has 0 unspecified atom stereocenters. The standard InChI is InChI=1S/C13H16Cl2FNO3S/c1-4-5-17(8(2)3)13(18)10-6-9(14)7-11(12(10)16)21(15,19)20/h6-8H,4-5H2,1-3H3. The van der Waals surface area contributed by atoms with Gasteiger partial charge in [-0.05, 0) is 32.4 Å². The van der Waals surface area contributed by atoms with E-state index in [4.69, 9.17) is 22.3 Å². The summed E-state index contributed by atoms with van der Waals surface area (Å²) in [6, 6.07) is 1.83. The van der Waals surface area contributed by atoms with E-state index in [1.165, 1.54) is 4.90 Å². The van der Waals surface area contributed by atoms with Crippen LogP contribution in [0.3, 0.4) is 0 Å². The lowest BCUT2D eigenvalue weighted by Crippen LogP contribution is -2.38. The van der Waals surface area contributed by atoms with Crippen LogP contribution in [0.1, 0.15) is 37.6 Å². The summed E-state index contributed by atoms with van der Waals surface area (Å²) in [5, 5.41) is -0.0702. The van der Waals surface area contributed by atoms with Gasteiger partial charge in [-0.15, -0.1) is 0 Å². The molecule has 0 aliphatic heterocycles. The quantitative estimate of drug-likeness (QED) is 0.757. The zero-order chi connectivity index (χ0) is 16.4. The number of hydrogen-bond acceptors (Lipinski definition) is 3. The van der Waals surface area contributed by atoms with Gasteiger partial charge in [0.05, 0.1) is 5.56 Å². The fourth-order valence-corrected chi connectivity index (χ4v) is 3.10. The van der Waals surface area contributed by atoms with E-state index in [0.29, 0.717) is 13.0 Å². The van der Waals surface area contributed by atoms with Crippen molar-refractivity contribution >= 4 is 37.2 Å². The molecule has 0 heterocycles. The summed E-state index contributed by atoms with van der Waals surface area (Å²) in [5.41, 5.74) is -0.399. The molecule has 4 nitrogen and oxygen atoms in total. The summed E-state index contributed by atoms with van der Waals surface area (Å²) in [6.45, 7) is 5.88. The maximum absolute atomic E-state index is 14.3. The number of benzene rings is 1. The van der Waals surface area contributed by atoms with Crippen LogP contribution in [0.5, 0.6) is 0 Å². The Morgan fingerprint density at radius 2 is 1.95 bits per heavy atom. The molecule has 0 radical (unpaired) electrons. The third-order valence-electron chi connectivity index (χ3n) is 2.85. The summed E-state index contributed by atoms with van der Waals surface area (Å²) in [7, 11) is 0.836. The van der Waals surface area contributed by atoms with Crippen LogP contribution in [0.2, 0.25) is 5.02 Å². The Morgan fingerprint density at radius 3 is 2.38 bits per heavy atom. The van der Waals surface area contributed by atoms with Crippen molar-refractivity contribution < 1.29 is 17.6 Å². The molecule has 0 spiro atoms. The SMILES string of the molecule is CCCN(C(=O)c1cc(Cl)cc(S(=O)(=O)Cl)c1F)C(C)C. The van der Waals surface area contributed by atoms with Crippen LogP contribution in [-0.2, 0) is 9.05 Å². The van der Waals surface area contributed by atoms with E-state index in [-0.39, 0.29) is 11.1 Å². The number of nitrogens with zero attached hydrogens (tertiary/aromatic N) is 1. The van der Waals surface area contributed by atoms with E-state index in [2.05, 4.69) is 0 Å². The van der Waals surface area contributed by atoms with Crippen molar-refractivity contribution in [3.8, 4) is 0 Å². The molecule has 1 aromatic rings. The lowest BCUT2D eigenvalue weighted by atomic mass is 10.1. The Hall–Kier alpha value is -0.850. The molecule has 118 valence electrons. The highest BCUT2D eigenvalue weighted by Gasteiger charge is 2.27. The molecule has 8 heteroatoms. The van der Waals surface area contributed by atoms with Gasteiger partial charge in [0.15, 0.2) is 5.82 Å². The summed E-state index contributed by atoms with van der Waals surface area (Å²) in [4.78, 5) is 13.1. The van der Waals surface area contributed by atoms with Crippen LogP contribution in [-0.4, -0.2) is 31.8 Å². The fraction of sp³-hybridized carbons (Fsp3) is 0.462. The Kier molecular flexibility index (Phi) is 6.01. The molecule has 0 bridgehead atoms. The van der Waals surface area contributed by atoms with E-state index < -0.39 is 31.2 Å². The lowest BCUT2D eigenvalue weighted by molar-refractivity contribution is 0.0700. The predicted octanol–water partition coefficient (Wildman–Crippen LogP) is 3.67. The molecule has 1 amide bonds. The van der Waals surface area contributed by atoms with Crippen molar-refractivity contribution in [3.63, 3.8) is 0 Å². The first-order chi connectivity index (χ1) is 9.59. The summed E-state index contributed by atoms with van der Waals surface area (Å²) in [6.07, 6.45) is 0.687. The van der Waals surface area contributed by atoms with Crippen molar-refractivity contribution in [1.29, 1.82) is 0 Å². The van der Waals surface area contributed by atoms with Gasteiger partial charge in [0, 0.05) is 28.3 Å². The molecule has 1 rings (SSSR count). The van der Waals surface area contributed by atoms with Gasteiger partial charge in [0.25, 0.3) is 15.0 Å². The molecular weight excluding hydrogens is 340 g/mol. The average molecular weight is 356 g/mol. The first-order valence-electron chi connectivity index (χ1n) is 6.34. The lowest BCUT2D eigenvalue weighted by Gasteiger charge is -2.26. The van der Waals surface area contributed by atoms with E-state index >= 15 is 0 Å². The molecule has 0 aromatic heterocycles. The Balaban J connectivity index is 3.43. The molecule has 0 aliphatic carbocycles. The molecule has 0 N–H and O–H groups in total. The average Bonchev–Trinajstić information content (AvgIpc) is 2.35. The number of halogens is 3. The summed E-state index contributed by atoms with van der Waals surface area (Å²) >= 11 is 5.77. The van der Waals surface area contributed by atoms with Crippen LogP contribution in [0.15, 0.2) is 17.0 Å². The molecule has 0 fully saturated rings. The van der Waals surface area contributed by atoms with Crippen molar-refractivity contribution in [2.75, 3.05) is 6.54 Å². The highest BCUT2D eigenvalue weighted by molar-refractivity contribution is 8.13. The molecular formula is C13H16Cl2FNO3S. The highest BCUT2D eigenvalue weighted by atomic mass is 35.7. The van der Waals surface area contributed by atoms with Crippen LogP contribution in [0.4, 0.5) is 4.39 Å². The Morgan fingerprint density at radius 1 is 1.38 bits per heavy atom. The number of amides is 1. The zero-order valence-electron chi connectivity index (χ0n) is 11.9. The second-order valence-corrected chi connectivity index (χ2v) is 7.77. The van der Waals surface area contributed by atoms with E-state index in [1.54, 1.807) is 13.8 Å². The molecule has 0 aliphatic rings. The van der Waals surface area contributed by atoms with Gasteiger partial charge in [0.2, 0.25) is 0 Å². The predicted molar refractivity (Wildman–Crippen MR) is 80.9 cm³/mol. The highest BCUT2D eigenvalue weighted by Crippen LogP contribution is 2.27. The minimum absolute atomic E-state index is 0.0702.